The van der Waals surface area contributed by atoms with Crippen molar-refractivity contribution >= 4 is 23.2 Å². The Labute approximate surface area is 193 Å². The Bertz CT molecular complexity index is 1150. The average molecular weight is 440 g/mol. The topological polar surface area (TPSA) is 110 Å². The van der Waals surface area contributed by atoms with Gasteiger partial charge in [-0.15, -0.1) is 0 Å². The van der Waals surface area contributed by atoms with Gasteiger partial charge in [0.2, 0.25) is 5.96 Å². The maximum absolute atomic E-state index is 10.8. The molecule has 7 nitrogen and oxygen atoms in total. The molecule has 0 aliphatic heterocycles. The second-order valence-corrected chi connectivity index (χ2v) is 7.24. The third kappa shape index (κ3) is 7.64. The number of hydrogen-bond acceptors (Lipinski definition) is 4. The minimum absolute atomic E-state index is 0.124. The number of benzene rings is 2. The summed E-state index contributed by atoms with van der Waals surface area (Å²) in [4.78, 5) is 19.6. The molecule has 0 aliphatic rings. The minimum Gasteiger partial charge on any atom is -0.481 e. The first-order valence-electron chi connectivity index (χ1n) is 10.6. The van der Waals surface area contributed by atoms with Crippen LogP contribution in [0.15, 0.2) is 90.2 Å². The van der Waals surface area contributed by atoms with Crippen LogP contribution in [-0.2, 0) is 11.3 Å². The van der Waals surface area contributed by atoms with Gasteiger partial charge in [0, 0.05) is 30.1 Å². The molecule has 166 valence electrons. The first kappa shape index (κ1) is 23.2. The number of hydrogen-bond donors (Lipinski definition) is 3. The van der Waals surface area contributed by atoms with E-state index >= 15 is 0 Å². The average Bonchev–Trinajstić information content (AvgIpc) is 2.84. The van der Waals surface area contributed by atoms with Crippen molar-refractivity contribution in [2.75, 3.05) is 5.32 Å². The molecule has 0 saturated heterocycles. The number of nitrogens with one attached hydrogen (secondary N) is 2. The number of guanidine groups is 1. The fourth-order valence-electron chi connectivity index (χ4n) is 3.24. The van der Waals surface area contributed by atoms with Gasteiger partial charge in [0.15, 0.2) is 6.19 Å². The third-order valence-electron chi connectivity index (χ3n) is 4.79. The number of carboxylic acids is 1. The smallest absolute Gasteiger partial charge is 0.303 e. The van der Waals surface area contributed by atoms with E-state index in [4.69, 9.17) is 10.4 Å². The summed E-state index contributed by atoms with van der Waals surface area (Å²) in [6, 6.07) is 21.4. The normalized spacial score (nSPS) is 11.5. The summed E-state index contributed by atoms with van der Waals surface area (Å²) in [5.74, 6) is -0.447. The van der Waals surface area contributed by atoms with Crippen molar-refractivity contribution in [3.05, 3.63) is 102 Å². The molecule has 7 heteroatoms. The number of aromatic nitrogens is 1. The van der Waals surface area contributed by atoms with Gasteiger partial charge < -0.3 is 10.4 Å². The lowest BCUT2D eigenvalue weighted by atomic mass is 9.97. The standard InChI is InChI=1S/C26H25N5O2/c27-19-30-26(29-17-20-8-2-1-3-9-20)31-23-12-6-10-21(16-23)24(13-4-5-14-25(32)33)22-11-7-15-28-18-22/h1-3,6-13,15-16,18H,4-5,14,17H2,(H,32,33)(H2,29,30,31). The molecular formula is C26H25N5O2. The number of anilines is 1. The second-order valence-electron chi connectivity index (χ2n) is 7.24. The van der Waals surface area contributed by atoms with Crippen molar-refractivity contribution < 1.29 is 9.90 Å². The van der Waals surface area contributed by atoms with E-state index in [0.717, 1.165) is 28.0 Å². The van der Waals surface area contributed by atoms with Crippen molar-refractivity contribution in [2.24, 2.45) is 4.99 Å². The van der Waals surface area contributed by atoms with Crippen LogP contribution in [0.3, 0.4) is 0 Å². The van der Waals surface area contributed by atoms with E-state index in [0.29, 0.717) is 25.3 Å². The number of aliphatic imine (C=N–C) groups is 1. The lowest BCUT2D eigenvalue weighted by Crippen LogP contribution is -2.26. The number of rotatable bonds is 9. The highest BCUT2D eigenvalue weighted by Gasteiger charge is 2.08. The van der Waals surface area contributed by atoms with Crippen LogP contribution >= 0.6 is 0 Å². The maximum atomic E-state index is 10.8. The highest BCUT2D eigenvalue weighted by atomic mass is 16.4. The van der Waals surface area contributed by atoms with E-state index in [9.17, 15) is 4.79 Å². The SMILES string of the molecule is N#CNC(=NCc1ccccc1)Nc1cccc(C(=CCCCC(=O)O)c2cccnc2)c1. The van der Waals surface area contributed by atoms with Crippen LogP contribution in [0.25, 0.3) is 5.57 Å². The third-order valence-corrected chi connectivity index (χ3v) is 4.79. The Balaban J connectivity index is 1.83. The Morgan fingerprint density at radius 3 is 2.64 bits per heavy atom. The molecule has 33 heavy (non-hydrogen) atoms. The second kappa shape index (κ2) is 12.4. The maximum Gasteiger partial charge on any atom is 0.303 e. The zero-order valence-electron chi connectivity index (χ0n) is 18.1. The number of carbonyl (C=O) groups is 1. The summed E-state index contributed by atoms with van der Waals surface area (Å²) in [6.45, 7) is 0.432. The van der Waals surface area contributed by atoms with Gasteiger partial charge in [-0.25, -0.2) is 4.99 Å². The summed E-state index contributed by atoms with van der Waals surface area (Å²) in [6.07, 6.45) is 8.77. The van der Waals surface area contributed by atoms with Crippen LogP contribution in [-0.4, -0.2) is 22.0 Å². The number of aliphatic carboxylic acids is 1. The van der Waals surface area contributed by atoms with Crippen molar-refractivity contribution in [1.82, 2.24) is 10.3 Å². The number of nitriles is 1. The van der Waals surface area contributed by atoms with Gasteiger partial charge in [0.05, 0.1) is 6.54 Å². The van der Waals surface area contributed by atoms with E-state index in [1.54, 1.807) is 12.4 Å². The molecule has 0 fully saturated rings. The molecule has 3 rings (SSSR count). The lowest BCUT2D eigenvalue weighted by molar-refractivity contribution is -0.137. The molecule has 0 unspecified atom stereocenters. The molecule has 2 aromatic carbocycles. The van der Waals surface area contributed by atoms with Gasteiger partial charge in [-0.1, -0.05) is 54.6 Å². The number of allylic oxidation sites excluding steroid dienone is 1. The predicted molar refractivity (Wildman–Crippen MR) is 129 cm³/mol. The summed E-state index contributed by atoms with van der Waals surface area (Å²) in [5, 5.41) is 23.8. The van der Waals surface area contributed by atoms with Gasteiger partial charge in [0.25, 0.3) is 0 Å². The van der Waals surface area contributed by atoms with Crippen LogP contribution < -0.4 is 10.6 Å². The monoisotopic (exact) mass is 439 g/mol. The van der Waals surface area contributed by atoms with Crippen LogP contribution in [0, 0.1) is 11.5 Å². The van der Waals surface area contributed by atoms with E-state index in [2.05, 4.69) is 20.6 Å². The zero-order valence-corrected chi connectivity index (χ0v) is 18.1. The Morgan fingerprint density at radius 2 is 1.91 bits per heavy atom. The lowest BCUT2D eigenvalue weighted by Gasteiger charge is -2.12. The molecule has 1 heterocycles. The number of nitrogens with zero attached hydrogens (tertiary/aromatic N) is 3. The van der Waals surface area contributed by atoms with E-state index < -0.39 is 5.97 Å². The Hall–Kier alpha value is -4.44. The Morgan fingerprint density at radius 1 is 1.09 bits per heavy atom. The molecule has 0 amide bonds. The molecule has 3 N–H and O–H groups in total. The fourth-order valence-corrected chi connectivity index (χ4v) is 3.24. The first-order chi connectivity index (χ1) is 16.2. The largest absolute Gasteiger partial charge is 0.481 e. The van der Waals surface area contributed by atoms with Crippen LogP contribution in [0.4, 0.5) is 5.69 Å². The van der Waals surface area contributed by atoms with E-state index in [1.807, 2.05) is 79.0 Å². The van der Waals surface area contributed by atoms with Gasteiger partial charge in [-0.05, 0) is 47.7 Å². The summed E-state index contributed by atoms with van der Waals surface area (Å²) < 4.78 is 0. The molecule has 0 saturated carbocycles. The summed E-state index contributed by atoms with van der Waals surface area (Å²) >= 11 is 0. The van der Waals surface area contributed by atoms with Gasteiger partial charge in [-0.2, -0.15) is 5.26 Å². The first-order valence-corrected chi connectivity index (χ1v) is 10.6. The quantitative estimate of drug-likeness (QED) is 0.145. The van der Waals surface area contributed by atoms with Crippen molar-refractivity contribution in [3.63, 3.8) is 0 Å². The molecule has 0 bridgehead atoms. The minimum atomic E-state index is -0.801. The highest BCUT2D eigenvalue weighted by molar-refractivity contribution is 5.95. The van der Waals surface area contributed by atoms with Crippen molar-refractivity contribution in [3.8, 4) is 6.19 Å². The van der Waals surface area contributed by atoms with Gasteiger partial charge >= 0.3 is 5.97 Å². The molecule has 1 aromatic heterocycles. The van der Waals surface area contributed by atoms with Crippen molar-refractivity contribution in [2.45, 2.75) is 25.8 Å². The van der Waals surface area contributed by atoms with Crippen LogP contribution in [0.1, 0.15) is 36.0 Å². The van der Waals surface area contributed by atoms with Crippen LogP contribution in [0.5, 0.6) is 0 Å². The zero-order chi connectivity index (χ0) is 23.3. The molecule has 0 radical (unpaired) electrons. The van der Waals surface area contributed by atoms with E-state index in [1.165, 1.54) is 0 Å². The number of pyridine rings is 1. The van der Waals surface area contributed by atoms with E-state index in [-0.39, 0.29) is 6.42 Å². The number of carboxylic acid groups (broad SMARTS) is 1. The molecule has 3 aromatic rings. The van der Waals surface area contributed by atoms with Gasteiger partial charge in [0.1, 0.15) is 0 Å². The fraction of sp³-hybridized carbons (Fsp3) is 0.154. The molecule has 0 spiro atoms. The summed E-state index contributed by atoms with van der Waals surface area (Å²) in [7, 11) is 0. The summed E-state index contributed by atoms with van der Waals surface area (Å²) in [5.41, 5.74) is 4.66. The molecular weight excluding hydrogens is 414 g/mol. The molecule has 0 atom stereocenters. The Kier molecular flexibility index (Phi) is 8.74. The van der Waals surface area contributed by atoms with Crippen LogP contribution in [0.2, 0.25) is 0 Å². The molecule has 0 aliphatic carbocycles. The highest BCUT2D eigenvalue weighted by Crippen LogP contribution is 2.26. The van der Waals surface area contributed by atoms with Crippen molar-refractivity contribution in [1.29, 1.82) is 5.26 Å². The number of unbranched alkanes of at least 4 members (excludes halogenated alkanes) is 1. The predicted octanol–water partition coefficient (Wildman–Crippen LogP) is 4.81. The van der Waals surface area contributed by atoms with Gasteiger partial charge in [-0.3, -0.25) is 15.1 Å².